The van der Waals surface area contributed by atoms with Crippen LogP contribution in [0.4, 0.5) is 5.95 Å². The van der Waals surface area contributed by atoms with Gasteiger partial charge >= 0.3 is 0 Å². The Labute approximate surface area is 88.9 Å². The van der Waals surface area contributed by atoms with E-state index in [0.29, 0.717) is 0 Å². The molecule has 0 aliphatic heterocycles. The second-order valence-electron chi connectivity index (χ2n) is 3.58. The van der Waals surface area contributed by atoms with Gasteiger partial charge in [-0.05, 0) is 20.3 Å². The molecule has 1 aromatic rings. The molecule has 0 fully saturated rings. The number of hydrogen-bond acceptors (Lipinski definition) is 4. The molecule has 1 heterocycles. The van der Waals surface area contributed by atoms with Gasteiger partial charge in [-0.1, -0.05) is 6.92 Å². The highest BCUT2D eigenvalue weighted by Gasteiger charge is 2.17. The molecule has 0 radical (unpaired) electrons. The normalized spacial score (nSPS) is 14.6. The summed E-state index contributed by atoms with van der Waals surface area (Å²) in [5.74, 6) is 0.104. The minimum absolute atomic E-state index is 0.0748. The van der Waals surface area contributed by atoms with E-state index in [1.807, 2.05) is 13.8 Å². The molecule has 0 aromatic carbocycles. The fourth-order valence-corrected chi connectivity index (χ4v) is 1.06. The van der Waals surface area contributed by atoms with Gasteiger partial charge in [-0.3, -0.25) is 4.79 Å². The third-order valence-corrected chi connectivity index (χ3v) is 2.30. The van der Waals surface area contributed by atoms with Gasteiger partial charge in [-0.2, -0.15) is 0 Å². The molecule has 3 N–H and O–H groups in total. The maximum Gasteiger partial charge on any atom is 0.244 e. The van der Waals surface area contributed by atoms with Crippen LogP contribution in [-0.2, 0) is 4.79 Å². The first kappa shape index (κ1) is 11.5. The maximum absolute atomic E-state index is 11.7. The van der Waals surface area contributed by atoms with E-state index in [1.54, 1.807) is 6.92 Å². The molecule has 6 nitrogen and oxygen atoms in total. The zero-order valence-electron chi connectivity index (χ0n) is 9.27. The van der Waals surface area contributed by atoms with E-state index in [0.717, 1.165) is 6.42 Å². The van der Waals surface area contributed by atoms with Gasteiger partial charge in [0.25, 0.3) is 0 Å². The van der Waals surface area contributed by atoms with E-state index in [9.17, 15) is 4.79 Å². The molecule has 84 valence electrons. The summed E-state index contributed by atoms with van der Waals surface area (Å²) >= 11 is 0. The molecule has 0 saturated heterocycles. The summed E-state index contributed by atoms with van der Waals surface area (Å²) in [5, 5.41) is 6.76. The van der Waals surface area contributed by atoms with Gasteiger partial charge in [0, 0.05) is 6.04 Å². The van der Waals surface area contributed by atoms with Crippen molar-refractivity contribution >= 4 is 11.9 Å². The van der Waals surface area contributed by atoms with Crippen LogP contribution in [0.3, 0.4) is 0 Å². The number of nitrogens with two attached hydrogens (primary N) is 1. The lowest BCUT2D eigenvalue weighted by Crippen LogP contribution is -2.37. The van der Waals surface area contributed by atoms with Crippen LogP contribution in [0, 0.1) is 0 Å². The first-order valence-electron chi connectivity index (χ1n) is 5.01. The van der Waals surface area contributed by atoms with Crippen LogP contribution in [0.15, 0.2) is 6.33 Å². The Morgan fingerprint density at radius 3 is 2.80 bits per heavy atom. The van der Waals surface area contributed by atoms with Gasteiger partial charge in [0.05, 0.1) is 0 Å². The van der Waals surface area contributed by atoms with Crippen LogP contribution in [0.25, 0.3) is 0 Å². The molecule has 15 heavy (non-hydrogen) atoms. The number of anilines is 1. The first-order valence-corrected chi connectivity index (χ1v) is 5.01. The number of hydrogen-bond donors (Lipinski definition) is 2. The topological polar surface area (TPSA) is 85.8 Å². The van der Waals surface area contributed by atoms with E-state index < -0.39 is 0 Å². The van der Waals surface area contributed by atoms with Gasteiger partial charge in [0.15, 0.2) is 0 Å². The number of nitrogen functional groups attached to an aromatic ring is 1. The van der Waals surface area contributed by atoms with Crippen molar-refractivity contribution in [2.75, 3.05) is 5.73 Å². The second kappa shape index (κ2) is 4.77. The Morgan fingerprint density at radius 1 is 1.67 bits per heavy atom. The van der Waals surface area contributed by atoms with E-state index in [2.05, 4.69) is 15.4 Å². The lowest BCUT2D eigenvalue weighted by molar-refractivity contribution is -0.124. The summed E-state index contributed by atoms with van der Waals surface area (Å²) in [7, 11) is 0. The van der Waals surface area contributed by atoms with Crippen molar-refractivity contribution in [1.29, 1.82) is 0 Å². The van der Waals surface area contributed by atoms with Crippen molar-refractivity contribution in [1.82, 2.24) is 20.1 Å². The molecule has 6 heteroatoms. The van der Waals surface area contributed by atoms with Gasteiger partial charge in [-0.15, -0.1) is 5.10 Å². The smallest absolute Gasteiger partial charge is 0.244 e. The summed E-state index contributed by atoms with van der Waals surface area (Å²) in [6.45, 7) is 5.73. The van der Waals surface area contributed by atoms with Crippen LogP contribution in [0.5, 0.6) is 0 Å². The van der Waals surface area contributed by atoms with Crippen LogP contribution >= 0.6 is 0 Å². The number of nitrogens with zero attached hydrogens (tertiary/aromatic N) is 3. The predicted octanol–water partition coefficient (Wildman–Crippen LogP) is 0.336. The SMILES string of the molecule is CCC(C)NC(=O)C(C)n1cnc(N)n1. The Hall–Kier alpha value is -1.59. The van der Waals surface area contributed by atoms with E-state index in [-0.39, 0.29) is 23.9 Å². The molecule has 1 rings (SSSR count). The fraction of sp³-hybridized carbons (Fsp3) is 0.667. The van der Waals surface area contributed by atoms with Crippen molar-refractivity contribution < 1.29 is 4.79 Å². The van der Waals surface area contributed by atoms with Gasteiger partial charge in [-0.25, -0.2) is 9.67 Å². The molecule has 1 aromatic heterocycles. The first-order chi connectivity index (χ1) is 7.04. The van der Waals surface area contributed by atoms with Crippen LogP contribution in [0.1, 0.15) is 33.2 Å². The van der Waals surface area contributed by atoms with Gasteiger partial charge in [0.2, 0.25) is 11.9 Å². The predicted molar refractivity (Wildman–Crippen MR) is 57.0 cm³/mol. The Balaban J connectivity index is 2.60. The molecule has 0 bridgehead atoms. The molecule has 0 aliphatic carbocycles. The van der Waals surface area contributed by atoms with Crippen molar-refractivity contribution in [3.63, 3.8) is 0 Å². The summed E-state index contributed by atoms with van der Waals surface area (Å²) in [6.07, 6.45) is 2.36. The molecule has 2 unspecified atom stereocenters. The quantitative estimate of drug-likeness (QED) is 0.751. The summed E-state index contributed by atoms with van der Waals surface area (Å²) < 4.78 is 1.45. The molecule has 0 spiro atoms. The molecule has 2 atom stereocenters. The zero-order valence-corrected chi connectivity index (χ0v) is 9.27. The highest BCUT2D eigenvalue weighted by atomic mass is 16.2. The second-order valence-corrected chi connectivity index (χ2v) is 3.58. The minimum Gasteiger partial charge on any atom is -0.367 e. The van der Waals surface area contributed by atoms with E-state index in [4.69, 9.17) is 5.73 Å². The number of carbonyl (C=O) groups excluding carboxylic acids is 1. The lowest BCUT2D eigenvalue weighted by Gasteiger charge is -2.15. The number of nitrogens with one attached hydrogen (secondary N) is 1. The maximum atomic E-state index is 11.7. The van der Waals surface area contributed by atoms with Crippen molar-refractivity contribution in [3.05, 3.63) is 6.33 Å². The number of rotatable bonds is 4. The number of carbonyl (C=O) groups is 1. The summed E-state index contributed by atoms with van der Waals surface area (Å²) in [4.78, 5) is 15.5. The Morgan fingerprint density at radius 2 is 2.33 bits per heavy atom. The zero-order chi connectivity index (χ0) is 11.4. The average Bonchev–Trinajstić information content (AvgIpc) is 2.63. The third-order valence-electron chi connectivity index (χ3n) is 2.30. The Kier molecular flexibility index (Phi) is 3.65. The number of amides is 1. The van der Waals surface area contributed by atoms with Crippen molar-refractivity contribution in [2.24, 2.45) is 0 Å². The molecule has 0 aliphatic rings. The number of aromatic nitrogens is 3. The van der Waals surface area contributed by atoms with Crippen LogP contribution in [0.2, 0.25) is 0 Å². The molecule has 0 saturated carbocycles. The van der Waals surface area contributed by atoms with E-state index in [1.165, 1.54) is 11.0 Å². The third kappa shape index (κ3) is 2.93. The largest absolute Gasteiger partial charge is 0.367 e. The Bertz CT molecular complexity index is 335. The monoisotopic (exact) mass is 211 g/mol. The van der Waals surface area contributed by atoms with Crippen LogP contribution in [-0.4, -0.2) is 26.7 Å². The highest BCUT2D eigenvalue weighted by Crippen LogP contribution is 2.05. The van der Waals surface area contributed by atoms with Crippen molar-refractivity contribution in [3.8, 4) is 0 Å². The van der Waals surface area contributed by atoms with Gasteiger partial charge < -0.3 is 11.1 Å². The van der Waals surface area contributed by atoms with Gasteiger partial charge in [0.1, 0.15) is 12.4 Å². The highest BCUT2D eigenvalue weighted by molar-refractivity contribution is 5.79. The summed E-state index contributed by atoms with van der Waals surface area (Å²) in [5.41, 5.74) is 5.37. The lowest BCUT2D eigenvalue weighted by atomic mass is 10.2. The van der Waals surface area contributed by atoms with Crippen molar-refractivity contribution in [2.45, 2.75) is 39.3 Å². The standard InChI is InChI=1S/C9H17N5O/c1-4-6(2)12-8(15)7(3)14-5-11-9(10)13-14/h5-7H,4H2,1-3H3,(H2,10,13)(H,12,15). The molecular formula is C9H17N5O. The van der Waals surface area contributed by atoms with Crippen LogP contribution < -0.4 is 11.1 Å². The minimum atomic E-state index is -0.385. The van der Waals surface area contributed by atoms with E-state index >= 15 is 0 Å². The average molecular weight is 211 g/mol. The molecule has 1 amide bonds. The summed E-state index contributed by atoms with van der Waals surface area (Å²) in [6, 6.07) is -0.218. The fourth-order valence-electron chi connectivity index (χ4n) is 1.06. The molecular weight excluding hydrogens is 194 g/mol.